The Labute approximate surface area is 69.0 Å². The van der Waals surface area contributed by atoms with Gasteiger partial charge in [-0.05, 0) is 6.92 Å². The van der Waals surface area contributed by atoms with E-state index in [1.165, 1.54) is 6.92 Å². The molecule has 12 heavy (non-hydrogen) atoms. The van der Waals surface area contributed by atoms with E-state index in [2.05, 4.69) is 0 Å². The lowest BCUT2D eigenvalue weighted by Crippen LogP contribution is -2.07. The molecule has 0 aliphatic carbocycles. The number of aliphatic carboxylic acids is 2. The van der Waals surface area contributed by atoms with Crippen LogP contribution in [0.3, 0.4) is 0 Å². The van der Waals surface area contributed by atoms with E-state index in [1.54, 1.807) is 0 Å². The smallest absolute Gasteiger partial charge is 0.314 e. The molecule has 70 valence electrons. The number of carbonyl (C=O) groups excluding carboxylic acids is 1. The molecule has 0 radical (unpaired) electrons. The fraction of sp³-hybridized carbons (Fsp3) is 0.500. The van der Waals surface area contributed by atoms with Crippen molar-refractivity contribution in [3.63, 3.8) is 0 Å². The first-order valence-electron chi connectivity index (χ1n) is 3.03. The van der Waals surface area contributed by atoms with Gasteiger partial charge in [-0.2, -0.15) is 0 Å². The van der Waals surface area contributed by atoms with Crippen LogP contribution in [0, 0.1) is 0 Å². The second-order valence-electron chi connectivity index (χ2n) is 1.87. The lowest BCUT2D eigenvalue weighted by atomic mass is 10.5. The van der Waals surface area contributed by atoms with Crippen LogP contribution in [0.25, 0.3) is 0 Å². The van der Waals surface area contributed by atoms with Crippen LogP contribution in [0.15, 0.2) is 0 Å². The van der Waals surface area contributed by atoms with E-state index in [0.717, 1.165) is 0 Å². The van der Waals surface area contributed by atoms with E-state index in [4.69, 9.17) is 15.9 Å². The summed E-state index contributed by atoms with van der Waals surface area (Å²) in [6.45, 7) is 1.62. The Hall–Kier alpha value is -1.43. The Bertz CT molecular complexity index is 165. The third-order valence-electron chi connectivity index (χ3n) is 0.590. The van der Waals surface area contributed by atoms with Gasteiger partial charge >= 0.3 is 11.9 Å². The SMILES string of the molecule is CC(=O)CN.O=C(O)CC(=O)O. The maximum Gasteiger partial charge on any atom is 0.314 e. The number of hydrogen-bond donors (Lipinski definition) is 3. The van der Waals surface area contributed by atoms with Crippen molar-refractivity contribution in [2.75, 3.05) is 6.54 Å². The van der Waals surface area contributed by atoms with Gasteiger partial charge in [0.1, 0.15) is 12.2 Å². The molecule has 0 saturated heterocycles. The summed E-state index contributed by atoms with van der Waals surface area (Å²) >= 11 is 0. The summed E-state index contributed by atoms with van der Waals surface area (Å²) in [5.41, 5.74) is 4.82. The molecule has 6 heteroatoms. The van der Waals surface area contributed by atoms with Crippen molar-refractivity contribution >= 4 is 17.7 Å². The normalized spacial score (nSPS) is 7.83. The number of hydrogen-bond acceptors (Lipinski definition) is 4. The Morgan fingerprint density at radius 2 is 1.42 bits per heavy atom. The molecule has 0 heterocycles. The summed E-state index contributed by atoms with van der Waals surface area (Å²) in [5.74, 6) is -2.59. The minimum absolute atomic E-state index is 0.0324. The molecule has 0 aromatic rings. The molecule has 6 nitrogen and oxygen atoms in total. The highest BCUT2D eigenvalue weighted by Gasteiger charge is 2.01. The average molecular weight is 177 g/mol. The molecular formula is C6H11NO5. The van der Waals surface area contributed by atoms with Gasteiger partial charge < -0.3 is 15.9 Å². The van der Waals surface area contributed by atoms with Gasteiger partial charge in [-0.25, -0.2) is 0 Å². The zero-order valence-corrected chi connectivity index (χ0v) is 6.61. The van der Waals surface area contributed by atoms with E-state index >= 15 is 0 Å². The molecular weight excluding hydrogens is 166 g/mol. The standard InChI is InChI=1S/C3H7NO.C3H4O4/c1-3(5)2-4;4-2(5)1-3(6)7/h2,4H2,1H3;1H2,(H,4,5)(H,6,7). The summed E-state index contributed by atoms with van der Waals surface area (Å²) in [4.78, 5) is 28.5. The van der Waals surface area contributed by atoms with Crippen LogP contribution < -0.4 is 5.73 Å². The minimum Gasteiger partial charge on any atom is -0.481 e. The van der Waals surface area contributed by atoms with Crippen LogP contribution in [0.5, 0.6) is 0 Å². The van der Waals surface area contributed by atoms with Gasteiger partial charge in [0.25, 0.3) is 0 Å². The van der Waals surface area contributed by atoms with Crippen LogP contribution in [-0.4, -0.2) is 34.5 Å². The van der Waals surface area contributed by atoms with Crippen molar-refractivity contribution in [3.05, 3.63) is 0 Å². The van der Waals surface area contributed by atoms with E-state index in [0.29, 0.717) is 0 Å². The predicted octanol–water partition coefficient (Wildman–Crippen LogP) is -0.920. The van der Waals surface area contributed by atoms with Crippen molar-refractivity contribution in [1.29, 1.82) is 0 Å². The highest BCUT2D eigenvalue weighted by molar-refractivity contribution is 5.88. The molecule has 0 amide bonds. The Kier molecular flexibility index (Phi) is 8.43. The molecule has 0 aromatic heterocycles. The third-order valence-corrected chi connectivity index (χ3v) is 0.590. The first-order chi connectivity index (χ1) is 5.40. The lowest BCUT2D eigenvalue weighted by molar-refractivity contribution is -0.147. The molecule has 0 saturated carbocycles. The Morgan fingerprint density at radius 1 is 1.17 bits per heavy atom. The van der Waals surface area contributed by atoms with Crippen LogP contribution in [-0.2, 0) is 14.4 Å². The molecule has 0 fully saturated rings. The van der Waals surface area contributed by atoms with E-state index < -0.39 is 18.4 Å². The van der Waals surface area contributed by atoms with Gasteiger partial charge in [-0.1, -0.05) is 0 Å². The molecule has 0 spiro atoms. The predicted molar refractivity (Wildman–Crippen MR) is 39.6 cm³/mol. The minimum atomic E-state index is -1.31. The molecule has 0 aliphatic heterocycles. The summed E-state index contributed by atoms with van der Waals surface area (Å²) in [6.07, 6.45) is -0.806. The van der Waals surface area contributed by atoms with Crippen LogP contribution in [0.4, 0.5) is 0 Å². The number of ketones is 1. The molecule has 0 bridgehead atoms. The largest absolute Gasteiger partial charge is 0.481 e. The summed E-state index contributed by atoms with van der Waals surface area (Å²) in [5, 5.41) is 15.4. The average Bonchev–Trinajstić information content (AvgIpc) is 1.85. The first kappa shape index (κ1) is 13.2. The second-order valence-corrected chi connectivity index (χ2v) is 1.87. The highest BCUT2D eigenvalue weighted by atomic mass is 16.4. The molecule has 0 aliphatic rings. The van der Waals surface area contributed by atoms with Gasteiger partial charge in [0, 0.05) is 0 Å². The maximum atomic E-state index is 9.69. The van der Waals surface area contributed by atoms with E-state index in [9.17, 15) is 14.4 Å². The van der Waals surface area contributed by atoms with Gasteiger partial charge in [0.15, 0.2) is 0 Å². The van der Waals surface area contributed by atoms with Crippen molar-refractivity contribution in [3.8, 4) is 0 Å². The van der Waals surface area contributed by atoms with Gasteiger partial charge in [0.2, 0.25) is 0 Å². The quantitative estimate of drug-likeness (QED) is 0.480. The molecule has 4 N–H and O–H groups in total. The summed E-state index contributed by atoms with van der Waals surface area (Å²) in [6, 6.07) is 0. The molecule has 0 atom stereocenters. The Morgan fingerprint density at radius 3 is 1.42 bits per heavy atom. The summed E-state index contributed by atoms with van der Waals surface area (Å²) < 4.78 is 0. The number of carboxylic acids is 2. The van der Waals surface area contributed by atoms with Gasteiger partial charge in [-0.3, -0.25) is 14.4 Å². The maximum absolute atomic E-state index is 9.69. The topological polar surface area (TPSA) is 118 Å². The van der Waals surface area contributed by atoms with Crippen LogP contribution >= 0.6 is 0 Å². The van der Waals surface area contributed by atoms with Crippen molar-refractivity contribution in [2.24, 2.45) is 5.73 Å². The second kappa shape index (κ2) is 7.67. The monoisotopic (exact) mass is 177 g/mol. The zero-order chi connectivity index (χ0) is 10.1. The fourth-order valence-electron chi connectivity index (χ4n) is 0.129. The van der Waals surface area contributed by atoms with Crippen LogP contribution in [0.2, 0.25) is 0 Å². The summed E-state index contributed by atoms with van der Waals surface area (Å²) in [7, 11) is 0. The van der Waals surface area contributed by atoms with Crippen molar-refractivity contribution < 1.29 is 24.6 Å². The third kappa shape index (κ3) is 23.5. The first-order valence-corrected chi connectivity index (χ1v) is 3.03. The van der Waals surface area contributed by atoms with Crippen molar-refractivity contribution in [2.45, 2.75) is 13.3 Å². The highest BCUT2D eigenvalue weighted by Crippen LogP contribution is 1.74. The fourth-order valence-corrected chi connectivity index (χ4v) is 0.129. The van der Waals surface area contributed by atoms with E-state index in [-0.39, 0.29) is 12.3 Å². The number of carboxylic acid groups (broad SMARTS) is 2. The van der Waals surface area contributed by atoms with E-state index in [1.807, 2.05) is 0 Å². The van der Waals surface area contributed by atoms with Crippen LogP contribution in [0.1, 0.15) is 13.3 Å². The number of rotatable bonds is 3. The lowest BCUT2D eigenvalue weighted by Gasteiger charge is -1.80. The van der Waals surface area contributed by atoms with Gasteiger partial charge in [0.05, 0.1) is 6.54 Å². The molecule has 0 aromatic carbocycles. The zero-order valence-electron chi connectivity index (χ0n) is 6.61. The van der Waals surface area contributed by atoms with Crippen molar-refractivity contribution in [1.82, 2.24) is 0 Å². The molecule has 0 rings (SSSR count). The van der Waals surface area contributed by atoms with Gasteiger partial charge in [-0.15, -0.1) is 0 Å². The number of nitrogens with two attached hydrogens (primary N) is 1. The number of carbonyl (C=O) groups is 3. The number of Topliss-reactive ketones (excluding diaryl/α,β-unsaturated/α-hetero) is 1. The molecule has 0 unspecified atom stereocenters. The Balaban J connectivity index is 0.